The van der Waals surface area contributed by atoms with Crippen LogP contribution >= 0.6 is 11.6 Å². The summed E-state index contributed by atoms with van der Waals surface area (Å²) in [5.41, 5.74) is 7.86. The summed E-state index contributed by atoms with van der Waals surface area (Å²) in [7, 11) is 3.52. The molecule has 232 valence electrons. The van der Waals surface area contributed by atoms with E-state index in [1.165, 1.54) is 5.57 Å². The third kappa shape index (κ3) is 8.63. The Morgan fingerprint density at radius 3 is 2.43 bits per heavy atom. The van der Waals surface area contributed by atoms with Crippen molar-refractivity contribution in [1.82, 2.24) is 4.90 Å². The summed E-state index contributed by atoms with van der Waals surface area (Å²) < 4.78 is 6.29. The largest absolute Gasteiger partial charge is 0.493 e. The molecule has 1 amide bonds. The first-order valence-electron chi connectivity index (χ1n) is 15.6. The van der Waals surface area contributed by atoms with Crippen LogP contribution in [0.5, 0.6) is 5.75 Å². The number of aromatic carboxylic acids is 1. The lowest BCUT2D eigenvalue weighted by molar-refractivity contribution is -0.123. The van der Waals surface area contributed by atoms with Crippen LogP contribution in [0, 0.1) is 12.8 Å². The maximum absolute atomic E-state index is 11.7. The minimum Gasteiger partial charge on any atom is -0.493 e. The van der Waals surface area contributed by atoms with Crippen molar-refractivity contribution in [1.29, 1.82) is 0 Å². The van der Waals surface area contributed by atoms with Gasteiger partial charge in [0.2, 0.25) is 5.91 Å². The SMILES string of the molecule is CCC[C@@H](CCC/C=C/C(=O)N(C)C)COc1ccc(C2=C(c3ccc(C)cc3Cl)CCCc3cc(C(=O)O)ccc32)cc1. The molecule has 0 bridgehead atoms. The second kappa shape index (κ2) is 15.8. The normalized spacial score (nSPS) is 13.8. The molecule has 0 heterocycles. The zero-order valence-corrected chi connectivity index (χ0v) is 27.1. The maximum atomic E-state index is 11.7. The topological polar surface area (TPSA) is 66.8 Å². The molecule has 3 aromatic carbocycles. The lowest BCUT2D eigenvalue weighted by Crippen LogP contribution is -2.18. The number of hydrogen-bond donors (Lipinski definition) is 1. The number of allylic oxidation sites excluding steroid dienone is 2. The Labute approximate surface area is 267 Å². The summed E-state index contributed by atoms with van der Waals surface area (Å²) in [5, 5.41) is 10.4. The Bertz CT molecular complexity index is 1520. The van der Waals surface area contributed by atoms with E-state index in [4.69, 9.17) is 16.3 Å². The number of aryl methyl sites for hydroxylation is 2. The minimum absolute atomic E-state index is 0.0177. The summed E-state index contributed by atoms with van der Waals surface area (Å²) in [6.07, 6.45) is 11.3. The van der Waals surface area contributed by atoms with Crippen LogP contribution in [-0.4, -0.2) is 42.6 Å². The molecule has 0 saturated carbocycles. The van der Waals surface area contributed by atoms with Gasteiger partial charge in [0.25, 0.3) is 0 Å². The molecule has 5 nitrogen and oxygen atoms in total. The van der Waals surface area contributed by atoms with E-state index in [2.05, 4.69) is 31.2 Å². The van der Waals surface area contributed by atoms with Crippen molar-refractivity contribution >= 4 is 34.6 Å². The van der Waals surface area contributed by atoms with Gasteiger partial charge in [0.1, 0.15) is 5.75 Å². The van der Waals surface area contributed by atoms with Gasteiger partial charge in [0.15, 0.2) is 0 Å². The fraction of sp³-hybridized carbons (Fsp3) is 0.368. The zero-order chi connectivity index (χ0) is 31.6. The van der Waals surface area contributed by atoms with Crippen LogP contribution in [-0.2, 0) is 11.2 Å². The van der Waals surface area contributed by atoms with Crippen LogP contribution < -0.4 is 4.74 Å². The minimum atomic E-state index is -0.914. The summed E-state index contributed by atoms with van der Waals surface area (Å²) >= 11 is 6.81. The number of nitrogens with zero attached hydrogens (tertiary/aromatic N) is 1. The van der Waals surface area contributed by atoms with Gasteiger partial charge in [-0.15, -0.1) is 0 Å². The molecule has 1 N–H and O–H groups in total. The number of carboxylic acids is 1. The highest BCUT2D eigenvalue weighted by Gasteiger charge is 2.23. The second-order valence-electron chi connectivity index (χ2n) is 11.9. The third-order valence-electron chi connectivity index (χ3n) is 8.26. The number of carbonyl (C=O) groups is 2. The van der Waals surface area contributed by atoms with Gasteiger partial charge in [-0.25, -0.2) is 4.79 Å². The van der Waals surface area contributed by atoms with Crippen molar-refractivity contribution in [3.63, 3.8) is 0 Å². The van der Waals surface area contributed by atoms with E-state index in [-0.39, 0.29) is 5.91 Å². The molecule has 0 saturated heterocycles. The number of carbonyl (C=O) groups excluding carboxylic acids is 1. The first-order valence-corrected chi connectivity index (χ1v) is 16.0. The standard InChI is InChI=1S/C38H44ClNO4/c1-5-10-27(11-7-6-8-14-36(41)40(3)4)25-44-31-19-16-28(17-20-31)37-32-22-18-30(38(42)43)24-29(32)12-9-13-34(37)33-21-15-26(2)23-35(33)39/h8,14-24,27H,5-7,9-13,25H2,1-4H3,(H,42,43)/b14-8+/t27-/m0/s1. The molecule has 1 atom stereocenters. The van der Waals surface area contributed by atoms with Crippen molar-refractivity contribution in [2.45, 2.75) is 65.2 Å². The van der Waals surface area contributed by atoms with E-state index in [0.717, 1.165) is 95.5 Å². The van der Waals surface area contributed by atoms with Crippen molar-refractivity contribution in [3.8, 4) is 5.75 Å². The first-order chi connectivity index (χ1) is 21.2. The summed E-state index contributed by atoms with van der Waals surface area (Å²) in [5.74, 6) is 0.386. The smallest absolute Gasteiger partial charge is 0.335 e. The van der Waals surface area contributed by atoms with Crippen molar-refractivity contribution in [3.05, 3.63) is 111 Å². The Kier molecular flexibility index (Phi) is 11.8. The molecule has 4 rings (SSSR count). The first kappa shape index (κ1) is 33.1. The molecule has 0 spiro atoms. The van der Waals surface area contributed by atoms with E-state index in [1.807, 2.05) is 43.3 Å². The van der Waals surface area contributed by atoms with Gasteiger partial charge in [-0.1, -0.05) is 61.4 Å². The van der Waals surface area contributed by atoms with Gasteiger partial charge in [-0.3, -0.25) is 4.79 Å². The highest BCUT2D eigenvalue weighted by atomic mass is 35.5. The maximum Gasteiger partial charge on any atom is 0.335 e. The number of halogens is 1. The van der Waals surface area contributed by atoms with E-state index >= 15 is 0 Å². The monoisotopic (exact) mass is 613 g/mol. The molecular formula is C38H44ClNO4. The van der Waals surface area contributed by atoms with Gasteiger partial charge in [0.05, 0.1) is 12.2 Å². The van der Waals surface area contributed by atoms with Crippen LogP contribution in [0.25, 0.3) is 11.1 Å². The summed E-state index contributed by atoms with van der Waals surface area (Å²) in [4.78, 5) is 25.1. The van der Waals surface area contributed by atoms with Gasteiger partial charge in [-0.2, -0.15) is 0 Å². The molecular weight excluding hydrogens is 570 g/mol. The lowest BCUT2D eigenvalue weighted by Gasteiger charge is -2.19. The summed E-state index contributed by atoms with van der Waals surface area (Å²) in [6.45, 7) is 4.89. The Hall–Kier alpha value is -3.83. The molecule has 3 aromatic rings. The number of unbranched alkanes of at least 4 members (excludes halogenated alkanes) is 1. The fourth-order valence-corrected chi connectivity index (χ4v) is 6.24. The van der Waals surface area contributed by atoms with E-state index in [1.54, 1.807) is 31.1 Å². The second-order valence-corrected chi connectivity index (χ2v) is 12.3. The molecule has 0 unspecified atom stereocenters. The van der Waals surface area contributed by atoms with E-state index in [9.17, 15) is 14.7 Å². The van der Waals surface area contributed by atoms with Crippen molar-refractivity contribution < 1.29 is 19.4 Å². The molecule has 6 heteroatoms. The van der Waals surface area contributed by atoms with E-state index < -0.39 is 5.97 Å². The van der Waals surface area contributed by atoms with Crippen LogP contribution in [0.2, 0.25) is 5.02 Å². The van der Waals surface area contributed by atoms with E-state index in [0.29, 0.717) is 18.1 Å². The van der Waals surface area contributed by atoms with Gasteiger partial charge in [0, 0.05) is 19.1 Å². The van der Waals surface area contributed by atoms with Crippen molar-refractivity contribution in [2.24, 2.45) is 5.92 Å². The predicted molar refractivity (Wildman–Crippen MR) is 180 cm³/mol. The highest BCUT2D eigenvalue weighted by molar-refractivity contribution is 6.33. The van der Waals surface area contributed by atoms with Gasteiger partial charge < -0.3 is 14.7 Å². The van der Waals surface area contributed by atoms with Crippen LogP contribution in [0.4, 0.5) is 0 Å². The number of hydrogen-bond acceptors (Lipinski definition) is 3. The summed E-state index contributed by atoms with van der Waals surface area (Å²) in [6, 6.07) is 19.9. The zero-order valence-electron chi connectivity index (χ0n) is 26.4. The molecule has 0 fully saturated rings. The van der Waals surface area contributed by atoms with Gasteiger partial charge >= 0.3 is 5.97 Å². The van der Waals surface area contributed by atoms with Crippen LogP contribution in [0.15, 0.2) is 72.8 Å². The fourth-order valence-electron chi connectivity index (χ4n) is 5.89. The Balaban J connectivity index is 1.57. The van der Waals surface area contributed by atoms with Crippen LogP contribution in [0.3, 0.4) is 0 Å². The number of benzene rings is 3. The molecule has 1 aliphatic carbocycles. The molecule has 0 aromatic heterocycles. The molecule has 0 aliphatic heterocycles. The van der Waals surface area contributed by atoms with Crippen molar-refractivity contribution in [2.75, 3.05) is 20.7 Å². The lowest BCUT2D eigenvalue weighted by atomic mass is 9.87. The average Bonchev–Trinajstić information content (AvgIpc) is 3.18. The third-order valence-corrected chi connectivity index (χ3v) is 8.57. The Morgan fingerprint density at radius 2 is 1.75 bits per heavy atom. The van der Waals surface area contributed by atoms with Crippen LogP contribution in [0.1, 0.15) is 90.0 Å². The number of ether oxygens (including phenoxy) is 1. The quantitative estimate of drug-likeness (QED) is 0.154. The number of carboxylic acid groups (broad SMARTS) is 1. The highest BCUT2D eigenvalue weighted by Crippen LogP contribution is 2.42. The average molecular weight is 614 g/mol. The molecule has 1 aliphatic rings. The molecule has 0 radical (unpaired) electrons. The Morgan fingerprint density at radius 1 is 1.00 bits per heavy atom. The predicted octanol–water partition coefficient (Wildman–Crippen LogP) is 9.25. The number of fused-ring (bicyclic) bond motifs is 1. The molecule has 44 heavy (non-hydrogen) atoms. The van der Waals surface area contributed by atoms with Gasteiger partial charge in [-0.05, 0) is 133 Å². The number of rotatable bonds is 13. The number of likely N-dealkylation sites (N-methyl/N-ethyl adjacent to an activating group) is 1. The number of amides is 1.